The van der Waals surface area contributed by atoms with Gasteiger partial charge in [0.15, 0.2) is 0 Å². The summed E-state index contributed by atoms with van der Waals surface area (Å²) in [6.45, 7) is 1.70. The van der Waals surface area contributed by atoms with Crippen LogP contribution in [0.2, 0.25) is 0 Å². The van der Waals surface area contributed by atoms with Gasteiger partial charge >= 0.3 is 0 Å². The molecule has 8 heteroatoms. The standard InChI is InChI=1S/C31H28N4O3S/c36-31(34-18-19-35-27(22-34)11-13-30(35)25-14-16-32-17-15-25)21-29(24-7-2-1-3-8-24)33-39(37,38)28-12-10-23-6-4-5-9-26(23)20-28/h1-17,20,29,33H,18-19,21-22H2. The van der Waals surface area contributed by atoms with E-state index in [1.165, 1.54) is 0 Å². The van der Waals surface area contributed by atoms with Crippen molar-refractivity contribution in [1.82, 2.24) is 19.2 Å². The van der Waals surface area contributed by atoms with E-state index in [9.17, 15) is 13.2 Å². The van der Waals surface area contributed by atoms with Crippen LogP contribution >= 0.6 is 0 Å². The van der Waals surface area contributed by atoms with Crippen molar-refractivity contribution in [1.29, 1.82) is 0 Å². The number of hydrogen-bond donors (Lipinski definition) is 1. The molecule has 0 fully saturated rings. The number of sulfonamides is 1. The van der Waals surface area contributed by atoms with Gasteiger partial charge in [0, 0.05) is 48.9 Å². The van der Waals surface area contributed by atoms with Crippen molar-refractivity contribution < 1.29 is 13.2 Å². The molecule has 0 bridgehead atoms. The number of nitrogens with one attached hydrogen (secondary N) is 1. The third-order valence-electron chi connectivity index (χ3n) is 7.26. The predicted molar refractivity (Wildman–Crippen MR) is 151 cm³/mol. The van der Waals surface area contributed by atoms with Gasteiger partial charge in [0.25, 0.3) is 0 Å². The summed E-state index contributed by atoms with van der Waals surface area (Å²) in [4.78, 5) is 19.6. The van der Waals surface area contributed by atoms with Crippen LogP contribution in [0.3, 0.4) is 0 Å². The summed E-state index contributed by atoms with van der Waals surface area (Å²) in [6, 6.07) is 29.4. The van der Waals surface area contributed by atoms with Gasteiger partial charge in [-0.1, -0.05) is 60.7 Å². The summed E-state index contributed by atoms with van der Waals surface area (Å²) in [5.41, 5.74) is 3.98. The van der Waals surface area contributed by atoms with Crippen molar-refractivity contribution in [3.8, 4) is 11.3 Å². The molecule has 0 saturated heterocycles. The summed E-state index contributed by atoms with van der Waals surface area (Å²) >= 11 is 0. The molecule has 1 amide bonds. The van der Waals surface area contributed by atoms with E-state index in [2.05, 4.69) is 20.3 Å². The van der Waals surface area contributed by atoms with Crippen LogP contribution in [-0.4, -0.2) is 35.3 Å². The quantitative estimate of drug-likeness (QED) is 0.312. The number of amides is 1. The summed E-state index contributed by atoms with van der Waals surface area (Å²) in [6.07, 6.45) is 3.57. The van der Waals surface area contributed by atoms with Gasteiger partial charge in [0.2, 0.25) is 15.9 Å². The third-order valence-corrected chi connectivity index (χ3v) is 8.72. The van der Waals surface area contributed by atoms with Crippen LogP contribution in [-0.2, 0) is 27.9 Å². The van der Waals surface area contributed by atoms with Gasteiger partial charge in [0.1, 0.15) is 0 Å². The molecule has 0 saturated carbocycles. The number of fused-ring (bicyclic) bond motifs is 2. The lowest BCUT2D eigenvalue weighted by molar-refractivity contribution is -0.133. The molecule has 1 N–H and O–H groups in total. The van der Waals surface area contributed by atoms with Gasteiger partial charge in [-0.3, -0.25) is 9.78 Å². The minimum atomic E-state index is -3.88. The number of rotatable bonds is 7. The maximum Gasteiger partial charge on any atom is 0.241 e. The van der Waals surface area contributed by atoms with Gasteiger partial charge in [-0.2, -0.15) is 0 Å². The smallest absolute Gasteiger partial charge is 0.241 e. The molecular formula is C31H28N4O3S. The highest BCUT2D eigenvalue weighted by atomic mass is 32.2. The SMILES string of the molecule is O=C(CC(NS(=O)(=O)c1ccc2ccccc2c1)c1ccccc1)N1CCn2c(ccc2-c2ccncc2)C1. The molecular weight excluding hydrogens is 508 g/mol. The highest BCUT2D eigenvalue weighted by molar-refractivity contribution is 7.89. The molecule has 1 atom stereocenters. The zero-order valence-corrected chi connectivity index (χ0v) is 22.1. The Balaban J connectivity index is 1.22. The molecule has 0 spiro atoms. The molecule has 1 aliphatic rings. The van der Waals surface area contributed by atoms with E-state index in [1.807, 2.05) is 77.7 Å². The zero-order valence-electron chi connectivity index (χ0n) is 21.3. The fourth-order valence-electron chi connectivity index (χ4n) is 5.20. The average molecular weight is 537 g/mol. The van der Waals surface area contributed by atoms with Gasteiger partial charge in [-0.25, -0.2) is 13.1 Å². The Morgan fingerprint density at radius 3 is 2.38 bits per heavy atom. The van der Waals surface area contributed by atoms with Crippen molar-refractivity contribution in [3.05, 3.63) is 121 Å². The molecule has 6 rings (SSSR count). The van der Waals surface area contributed by atoms with E-state index < -0.39 is 16.1 Å². The van der Waals surface area contributed by atoms with Gasteiger partial charge in [-0.05, 0) is 52.7 Å². The maximum atomic E-state index is 13.5. The number of pyridine rings is 1. The largest absolute Gasteiger partial charge is 0.341 e. The van der Waals surface area contributed by atoms with Crippen molar-refractivity contribution in [2.24, 2.45) is 0 Å². The van der Waals surface area contributed by atoms with Crippen molar-refractivity contribution in [2.75, 3.05) is 6.54 Å². The molecule has 5 aromatic rings. The number of aromatic nitrogens is 2. The normalized spacial score (nSPS) is 14.2. The number of hydrogen-bond acceptors (Lipinski definition) is 4. The molecule has 3 heterocycles. The summed E-state index contributed by atoms with van der Waals surface area (Å²) in [5, 5.41) is 1.81. The van der Waals surface area contributed by atoms with Crippen LogP contribution in [0.15, 0.2) is 114 Å². The van der Waals surface area contributed by atoms with Crippen LogP contribution in [0.25, 0.3) is 22.0 Å². The highest BCUT2D eigenvalue weighted by Gasteiger charge is 2.28. The van der Waals surface area contributed by atoms with Crippen molar-refractivity contribution >= 4 is 26.7 Å². The van der Waals surface area contributed by atoms with Crippen molar-refractivity contribution in [2.45, 2.75) is 30.4 Å². The molecule has 7 nitrogen and oxygen atoms in total. The monoisotopic (exact) mass is 536 g/mol. The van der Waals surface area contributed by atoms with Crippen LogP contribution in [0, 0.1) is 0 Å². The first-order chi connectivity index (χ1) is 19.0. The van der Waals surface area contributed by atoms with Crippen LogP contribution in [0.5, 0.6) is 0 Å². The molecule has 0 radical (unpaired) electrons. The van der Waals surface area contributed by atoms with Crippen molar-refractivity contribution in [3.63, 3.8) is 0 Å². The Bertz CT molecular complexity index is 1730. The molecule has 196 valence electrons. The molecule has 39 heavy (non-hydrogen) atoms. The first kappa shape index (κ1) is 25.0. The number of carbonyl (C=O) groups is 1. The molecule has 2 aromatic heterocycles. The Morgan fingerprint density at radius 2 is 1.59 bits per heavy atom. The average Bonchev–Trinajstić information content (AvgIpc) is 3.41. The lowest BCUT2D eigenvalue weighted by Crippen LogP contribution is -2.40. The second-order valence-electron chi connectivity index (χ2n) is 9.71. The summed E-state index contributed by atoms with van der Waals surface area (Å²) < 4.78 is 32.0. The van der Waals surface area contributed by atoms with Gasteiger partial charge in [-0.15, -0.1) is 0 Å². The first-order valence-corrected chi connectivity index (χ1v) is 14.4. The lowest BCUT2D eigenvalue weighted by atomic mass is 10.0. The van der Waals surface area contributed by atoms with Crippen LogP contribution in [0.1, 0.15) is 23.7 Å². The Kier molecular flexibility index (Phi) is 6.72. The van der Waals surface area contributed by atoms with Crippen LogP contribution in [0.4, 0.5) is 0 Å². The molecule has 1 unspecified atom stereocenters. The highest BCUT2D eigenvalue weighted by Crippen LogP contribution is 2.28. The van der Waals surface area contributed by atoms with E-state index in [-0.39, 0.29) is 17.2 Å². The fraction of sp³-hybridized carbons (Fsp3) is 0.161. The molecule has 1 aliphatic heterocycles. The van der Waals surface area contributed by atoms with Gasteiger partial charge in [0.05, 0.1) is 17.5 Å². The van der Waals surface area contributed by atoms with E-state index in [1.54, 1.807) is 30.6 Å². The topological polar surface area (TPSA) is 84.3 Å². The number of carbonyl (C=O) groups excluding carboxylic acids is 1. The zero-order chi connectivity index (χ0) is 26.8. The first-order valence-electron chi connectivity index (χ1n) is 12.9. The minimum absolute atomic E-state index is 0.0226. The molecule has 0 aliphatic carbocycles. The summed E-state index contributed by atoms with van der Waals surface area (Å²) in [5.74, 6) is -0.0945. The number of nitrogens with zero attached hydrogens (tertiary/aromatic N) is 3. The summed E-state index contributed by atoms with van der Waals surface area (Å²) in [7, 11) is -3.88. The van der Waals surface area contributed by atoms with Crippen LogP contribution < -0.4 is 4.72 Å². The lowest BCUT2D eigenvalue weighted by Gasteiger charge is -2.31. The van der Waals surface area contributed by atoms with E-state index >= 15 is 0 Å². The number of benzene rings is 3. The third kappa shape index (κ3) is 5.21. The van der Waals surface area contributed by atoms with Gasteiger partial charge < -0.3 is 9.47 Å². The Morgan fingerprint density at radius 1 is 0.846 bits per heavy atom. The molecule has 3 aromatic carbocycles. The Hall–Kier alpha value is -4.27. The van der Waals surface area contributed by atoms with E-state index in [4.69, 9.17) is 0 Å². The predicted octanol–water partition coefficient (Wildman–Crippen LogP) is 5.16. The second kappa shape index (κ2) is 10.5. The minimum Gasteiger partial charge on any atom is -0.341 e. The van der Waals surface area contributed by atoms with E-state index in [0.717, 1.165) is 33.3 Å². The fourth-order valence-corrected chi connectivity index (χ4v) is 6.46. The Labute approximate surface area is 227 Å². The maximum absolute atomic E-state index is 13.5. The van der Waals surface area contributed by atoms with E-state index in [0.29, 0.717) is 19.6 Å². The second-order valence-corrected chi connectivity index (χ2v) is 11.4.